The number of carbonyl (C=O) groups is 1. The highest BCUT2D eigenvalue weighted by molar-refractivity contribution is 6.31. The fraction of sp³-hybridized carbons (Fsp3) is 0.423. The molecule has 1 N–H and O–H groups in total. The lowest BCUT2D eigenvalue weighted by atomic mass is 10.1. The lowest BCUT2D eigenvalue weighted by molar-refractivity contribution is -1.08. The number of anilines is 2. The first-order chi connectivity index (χ1) is 17.5. The van der Waals surface area contributed by atoms with E-state index < -0.39 is 5.82 Å². The average Bonchev–Trinajstić information content (AvgIpc) is 3.30. The maximum atomic E-state index is 13.6. The summed E-state index contributed by atoms with van der Waals surface area (Å²) in [5, 5.41) is 3.97. The predicted molar refractivity (Wildman–Crippen MR) is 136 cm³/mol. The van der Waals surface area contributed by atoms with Crippen molar-refractivity contribution in [3.8, 4) is 11.5 Å². The van der Waals surface area contributed by atoms with Gasteiger partial charge in [-0.25, -0.2) is 14.4 Å². The van der Waals surface area contributed by atoms with Crippen LogP contribution in [0, 0.1) is 5.82 Å². The number of piperidine rings is 1. The first-order valence-electron chi connectivity index (χ1n) is 12.3. The van der Waals surface area contributed by atoms with Crippen molar-refractivity contribution >= 4 is 39.9 Å². The summed E-state index contributed by atoms with van der Waals surface area (Å²) < 4.78 is 19.8. The molecular formula is C26H30ClFN5O3+. The molecule has 0 atom stereocenters. The Hall–Kier alpha value is -3.17. The van der Waals surface area contributed by atoms with E-state index in [1.807, 2.05) is 17.0 Å². The van der Waals surface area contributed by atoms with Crippen molar-refractivity contribution in [1.82, 2.24) is 14.9 Å². The molecule has 0 saturated carbocycles. The summed E-state index contributed by atoms with van der Waals surface area (Å²) in [5.74, 6) is 1.46. The third-order valence-electron chi connectivity index (χ3n) is 6.98. The number of halogens is 2. The molecule has 2 aliphatic heterocycles. The number of quaternary nitrogens is 1. The molecular weight excluding hydrogens is 485 g/mol. The Morgan fingerprint density at radius 1 is 1.11 bits per heavy atom. The first kappa shape index (κ1) is 24.5. The Bertz CT molecular complexity index is 1270. The number of ether oxygens (including phenoxy) is 1. The fourth-order valence-electron chi connectivity index (χ4n) is 5.01. The molecule has 0 unspecified atom stereocenters. The Morgan fingerprint density at radius 3 is 2.67 bits per heavy atom. The van der Waals surface area contributed by atoms with E-state index in [-0.39, 0.29) is 10.9 Å². The lowest BCUT2D eigenvalue weighted by Crippen LogP contribution is -2.57. The molecule has 2 fully saturated rings. The summed E-state index contributed by atoms with van der Waals surface area (Å²) >= 11 is 5.96. The van der Waals surface area contributed by atoms with E-state index in [9.17, 15) is 9.18 Å². The number of carbonyl (C=O) groups excluding carboxylic acids is 1. The second-order valence-corrected chi connectivity index (χ2v) is 9.77. The van der Waals surface area contributed by atoms with Gasteiger partial charge >= 0.3 is 0 Å². The normalized spacial score (nSPS) is 17.4. The summed E-state index contributed by atoms with van der Waals surface area (Å²) in [4.78, 5) is 29.7. The highest BCUT2D eigenvalue weighted by atomic mass is 35.5. The van der Waals surface area contributed by atoms with Crippen LogP contribution in [-0.2, 0) is 4.79 Å². The molecule has 5 rings (SSSR count). The minimum atomic E-state index is -0.485. The average molecular weight is 515 g/mol. The van der Waals surface area contributed by atoms with Crippen LogP contribution in [0.25, 0.3) is 10.9 Å². The SMILES string of the molecule is COc1cc2ncnc(Nc3ccc(F)c(Cl)c3)c2cc1O[N+]1(CCN2CCCC2=O)CCCCC1. The van der Waals surface area contributed by atoms with Gasteiger partial charge < -0.3 is 19.8 Å². The van der Waals surface area contributed by atoms with Crippen LogP contribution in [0.3, 0.4) is 0 Å². The lowest BCUT2D eigenvalue weighted by Gasteiger charge is -2.39. The maximum absolute atomic E-state index is 13.6. The smallest absolute Gasteiger partial charge is 0.232 e. The molecule has 1 aromatic heterocycles. The number of fused-ring (bicyclic) bond motifs is 1. The van der Waals surface area contributed by atoms with E-state index in [0.717, 1.165) is 50.8 Å². The number of hydroxylamine groups is 3. The van der Waals surface area contributed by atoms with Crippen molar-refractivity contribution < 1.29 is 23.4 Å². The largest absolute Gasteiger partial charge is 0.492 e. The van der Waals surface area contributed by atoms with E-state index in [4.69, 9.17) is 21.2 Å². The van der Waals surface area contributed by atoms with E-state index in [0.29, 0.717) is 46.1 Å². The van der Waals surface area contributed by atoms with Crippen LogP contribution in [-0.4, -0.2) is 65.3 Å². The zero-order valence-electron chi connectivity index (χ0n) is 20.3. The van der Waals surface area contributed by atoms with Crippen LogP contribution >= 0.6 is 11.6 Å². The van der Waals surface area contributed by atoms with Gasteiger partial charge in [-0.2, -0.15) is 0 Å². The van der Waals surface area contributed by atoms with E-state index in [2.05, 4.69) is 15.3 Å². The molecule has 0 radical (unpaired) electrons. The summed E-state index contributed by atoms with van der Waals surface area (Å²) in [6, 6.07) is 8.14. The monoisotopic (exact) mass is 514 g/mol. The number of hydrogen-bond donors (Lipinski definition) is 1. The standard InChI is InChI=1S/C26H30ClFN5O3/c1-35-23-16-22-19(26(30-17-29-22)31-18-7-8-21(28)20(27)14-18)15-24(23)36-33(11-3-2-4-12-33)13-10-32-9-5-6-25(32)34/h7-8,14-17H,2-6,9-13H2,1H3,(H,29,30,31)/q+1. The van der Waals surface area contributed by atoms with Crippen LogP contribution in [0.1, 0.15) is 32.1 Å². The minimum absolute atomic E-state index is 0.0251. The van der Waals surface area contributed by atoms with Crippen molar-refractivity contribution in [3.63, 3.8) is 0 Å². The molecule has 1 amide bonds. The minimum Gasteiger partial charge on any atom is -0.492 e. The molecule has 36 heavy (non-hydrogen) atoms. The van der Waals surface area contributed by atoms with Gasteiger partial charge in [0.05, 0.1) is 24.2 Å². The van der Waals surface area contributed by atoms with Gasteiger partial charge in [0.2, 0.25) is 11.7 Å². The van der Waals surface area contributed by atoms with Gasteiger partial charge in [0, 0.05) is 49.0 Å². The predicted octanol–water partition coefficient (Wildman–Crippen LogP) is 5.09. The number of amides is 1. The van der Waals surface area contributed by atoms with Crippen LogP contribution in [0.15, 0.2) is 36.7 Å². The highest BCUT2D eigenvalue weighted by Crippen LogP contribution is 2.37. The van der Waals surface area contributed by atoms with Crippen LogP contribution in [0.4, 0.5) is 15.9 Å². The van der Waals surface area contributed by atoms with E-state index in [1.54, 1.807) is 13.2 Å². The molecule has 3 heterocycles. The summed E-state index contributed by atoms with van der Waals surface area (Å²) in [5.41, 5.74) is 1.28. The third-order valence-corrected chi connectivity index (χ3v) is 7.26. The number of benzene rings is 2. The van der Waals surface area contributed by atoms with Crippen LogP contribution in [0.5, 0.6) is 11.5 Å². The van der Waals surface area contributed by atoms with Gasteiger partial charge in [-0.05, 0) is 31.0 Å². The number of aromatic nitrogens is 2. The van der Waals surface area contributed by atoms with E-state index >= 15 is 0 Å². The highest BCUT2D eigenvalue weighted by Gasteiger charge is 2.36. The van der Waals surface area contributed by atoms with Gasteiger partial charge in [-0.1, -0.05) is 11.6 Å². The second kappa shape index (κ2) is 10.4. The third kappa shape index (κ3) is 5.17. The van der Waals surface area contributed by atoms with Gasteiger partial charge in [-0.3, -0.25) is 4.79 Å². The molecule has 3 aromatic rings. The van der Waals surface area contributed by atoms with Crippen molar-refractivity contribution in [1.29, 1.82) is 0 Å². The fourth-order valence-corrected chi connectivity index (χ4v) is 5.19. The summed E-state index contributed by atoms with van der Waals surface area (Å²) in [6.07, 6.45) is 6.31. The number of nitrogens with one attached hydrogen (secondary N) is 1. The van der Waals surface area contributed by atoms with Gasteiger partial charge in [0.25, 0.3) is 0 Å². The van der Waals surface area contributed by atoms with Crippen LogP contribution < -0.4 is 14.9 Å². The quantitative estimate of drug-likeness (QED) is 0.422. The van der Waals surface area contributed by atoms with Crippen molar-refractivity contribution in [2.45, 2.75) is 32.1 Å². The Labute approximate surface area is 214 Å². The number of hydrogen-bond acceptors (Lipinski definition) is 6. The molecule has 10 heteroatoms. The molecule has 2 aliphatic rings. The Kier molecular flexibility index (Phi) is 7.11. The number of likely N-dealkylation sites (tertiary alicyclic amines) is 2. The zero-order chi connectivity index (χ0) is 25.1. The zero-order valence-corrected chi connectivity index (χ0v) is 21.1. The van der Waals surface area contributed by atoms with Gasteiger partial charge in [0.1, 0.15) is 37.6 Å². The van der Waals surface area contributed by atoms with Gasteiger partial charge in [-0.15, -0.1) is 4.65 Å². The van der Waals surface area contributed by atoms with Crippen molar-refractivity contribution in [3.05, 3.63) is 47.5 Å². The summed E-state index contributed by atoms with van der Waals surface area (Å²) in [6.45, 7) is 3.95. The molecule has 0 spiro atoms. The molecule has 2 saturated heterocycles. The van der Waals surface area contributed by atoms with Crippen molar-refractivity contribution in [2.24, 2.45) is 0 Å². The maximum Gasteiger partial charge on any atom is 0.232 e. The first-order valence-corrected chi connectivity index (χ1v) is 12.7. The molecule has 0 aliphatic carbocycles. The molecule has 8 nitrogen and oxygen atoms in total. The second-order valence-electron chi connectivity index (χ2n) is 9.36. The molecule has 0 bridgehead atoms. The number of rotatable bonds is 8. The Balaban J connectivity index is 1.46. The van der Waals surface area contributed by atoms with Crippen molar-refractivity contribution in [2.75, 3.05) is 45.2 Å². The topological polar surface area (TPSA) is 76.6 Å². The summed E-state index contributed by atoms with van der Waals surface area (Å²) in [7, 11) is 1.61. The van der Waals surface area contributed by atoms with E-state index in [1.165, 1.54) is 24.9 Å². The molecule has 190 valence electrons. The number of nitrogens with zero attached hydrogens (tertiary/aromatic N) is 4. The number of methoxy groups -OCH3 is 1. The van der Waals surface area contributed by atoms with Gasteiger partial charge in [0.15, 0.2) is 5.75 Å². The Morgan fingerprint density at radius 2 is 1.94 bits per heavy atom. The van der Waals surface area contributed by atoms with Crippen LogP contribution in [0.2, 0.25) is 5.02 Å². The molecule has 2 aromatic carbocycles.